The van der Waals surface area contributed by atoms with Gasteiger partial charge in [0.15, 0.2) is 5.78 Å². The third-order valence-corrected chi connectivity index (χ3v) is 3.61. The van der Waals surface area contributed by atoms with E-state index in [9.17, 15) is 4.79 Å². The van der Waals surface area contributed by atoms with Crippen LogP contribution < -0.4 is 5.32 Å². The quantitative estimate of drug-likeness (QED) is 0.647. The lowest BCUT2D eigenvalue weighted by Crippen LogP contribution is -2.02. The van der Waals surface area contributed by atoms with Crippen molar-refractivity contribution in [1.29, 1.82) is 0 Å². The van der Waals surface area contributed by atoms with Gasteiger partial charge in [-0.15, -0.1) is 0 Å². The van der Waals surface area contributed by atoms with Gasteiger partial charge in [0.2, 0.25) is 5.28 Å². The second-order valence-electron chi connectivity index (χ2n) is 4.27. The molecule has 1 heterocycles. The van der Waals surface area contributed by atoms with Crippen molar-refractivity contribution >= 4 is 44.8 Å². The molecule has 1 N–H and O–H groups in total. The number of hydrogen-bond donors (Lipinski definition) is 1. The van der Waals surface area contributed by atoms with Gasteiger partial charge in [0.05, 0.1) is 4.47 Å². The van der Waals surface area contributed by atoms with Crippen molar-refractivity contribution in [3.8, 4) is 0 Å². The number of ketones is 1. The smallest absolute Gasteiger partial charge is 0.224 e. The second kappa shape index (κ2) is 6.33. The van der Waals surface area contributed by atoms with Gasteiger partial charge in [-0.05, 0) is 46.1 Å². The summed E-state index contributed by atoms with van der Waals surface area (Å²) in [6, 6.07) is 5.56. The number of aryl methyl sites for hydroxylation is 1. The van der Waals surface area contributed by atoms with Gasteiger partial charge in [-0.1, -0.05) is 19.1 Å². The van der Waals surface area contributed by atoms with Crippen LogP contribution >= 0.6 is 27.5 Å². The molecule has 0 saturated heterocycles. The van der Waals surface area contributed by atoms with Crippen molar-refractivity contribution in [2.45, 2.75) is 20.3 Å². The monoisotopic (exact) mass is 353 g/mol. The van der Waals surface area contributed by atoms with Gasteiger partial charge < -0.3 is 5.32 Å². The first kappa shape index (κ1) is 14.9. The van der Waals surface area contributed by atoms with E-state index in [1.807, 2.05) is 32.0 Å². The number of benzene rings is 1. The average molecular weight is 355 g/mol. The molecule has 0 aliphatic heterocycles. The Hall–Kier alpha value is -1.46. The molecule has 0 aliphatic carbocycles. The number of nitrogens with one attached hydrogen (secondary N) is 1. The van der Waals surface area contributed by atoms with Crippen molar-refractivity contribution in [1.82, 2.24) is 9.97 Å². The number of carbonyl (C=O) groups is 1. The number of hydrogen-bond acceptors (Lipinski definition) is 4. The van der Waals surface area contributed by atoms with Gasteiger partial charge in [0, 0.05) is 23.9 Å². The fourth-order valence-corrected chi connectivity index (χ4v) is 2.12. The lowest BCUT2D eigenvalue weighted by atomic mass is 10.1. The zero-order valence-corrected chi connectivity index (χ0v) is 13.4. The van der Waals surface area contributed by atoms with Gasteiger partial charge in [-0.25, -0.2) is 4.98 Å². The van der Waals surface area contributed by atoms with Crippen LogP contribution in [0.15, 0.2) is 28.9 Å². The number of rotatable bonds is 4. The Labute approximate surface area is 130 Å². The van der Waals surface area contributed by atoms with Crippen LogP contribution in [-0.2, 0) is 0 Å². The van der Waals surface area contributed by atoms with E-state index >= 15 is 0 Å². The summed E-state index contributed by atoms with van der Waals surface area (Å²) in [4.78, 5) is 19.8. The normalized spacial score (nSPS) is 10.4. The highest BCUT2D eigenvalue weighted by molar-refractivity contribution is 9.10. The number of aromatic nitrogens is 2. The van der Waals surface area contributed by atoms with E-state index in [0.29, 0.717) is 22.3 Å². The van der Waals surface area contributed by atoms with Gasteiger partial charge in [0.1, 0.15) is 5.82 Å². The molecule has 0 bridgehead atoms. The highest BCUT2D eigenvalue weighted by Crippen LogP contribution is 2.27. The second-order valence-corrected chi connectivity index (χ2v) is 5.46. The highest BCUT2D eigenvalue weighted by atomic mass is 79.9. The Morgan fingerprint density at radius 3 is 2.90 bits per heavy atom. The lowest BCUT2D eigenvalue weighted by molar-refractivity contribution is 0.0988. The van der Waals surface area contributed by atoms with Crippen molar-refractivity contribution in [3.05, 3.63) is 45.3 Å². The predicted molar refractivity (Wildman–Crippen MR) is 83.8 cm³/mol. The Balaban J connectivity index is 2.37. The first-order chi connectivity index (χ1) is 9.51. The summed E-state index contributed by atoms with van der Waals surface area (Å²) in [5.41, 5.74) is 2.51. The molecule has 0 amide bonds. The molecule has 0 unspecified atom stereocenters. The largest absolute Gasteiger partial charge is 0.339 e. The maximum atomic E-state index is 11.8. The van der Waals surface area contributed by atoms with Crippen LogP contribution in [0, 0.1) is 6.92 Å². The zero-order chi connectivity index (χ0) is 14.7. The summed E-state index contributed by atoms with van der Waals surface area (Å²) in [6.45, 7) is 3.80. The molecular formula is C14H13BrClN3O. The van der Waals surface area contributed by atoms with Crippen LogP contribution in [0.1, 0.15) is 29.3 Å². The molecule has 6 heteroatoms. The van der Waals surface area contributed by atoms with Crippen LogP contribution in [0.5, 0.6) is 0 Å². The number of anilines is 2. The molecule has 0 aliphatic rings. The molecule has 0 fully saturated rings. The molecule has 104 valence electrons. The lowest BCUT2D eigenvalue weighted by Gasteiger charge is -2.11. The third-order valence-electron chi connectivity index (χ3n) is 2.85. The molecule has 0 saturated carbocycles. The third kappa shape index (κ3) is 3.35. The van der Waals surface area contributed by atoms with E-state index in [0.717, 1.165) is 11.3 Å². The van der Waals surface area contributed by atoms with Crippen LogP contribution in [0.3, 0.4) is 0 Å². The van der Waals surface area contributed by atoms with Crippen LogP contribution in [0.4, 0.5) is 11.5 Å². The first-order valence-electron chi connectivity index (χ1n) is 6.10. The number of nitrogens with zero attached hydrogens (tertiary/aromatic N) is 2. The van der Waals surface area contributed by atoms with Crippen molar-refractivity contribution in [2.24, 2.45) is 0 Å². The van der Waals surface area contributed by atoms with Gasteiger partial charge >= 0.3 is 0 Å². The standard InChI is InChI=1S/C14H13BrClN3O/c1-3-12(20)9-5-4-8(2)11(6-9)18-13-10(15)7-17-14(16)19-13/h4-7H,3H2,1-2H3,(H,17,18,19). The molecule has 20 heavy (non-hydrogen) atoms. The van der Waals surface area contributed by atoms with Crippen LogP contribution in [-0.4, -0.2) is 15.8 Å². The SMILES string of the molecule is CCC(=O)c1ccc(C)c(Nc2nc(Cl)ncc2Br)c1. The van der Waals surface area contributed by atoms with E-state index in [1.54, 1.807) is 6.20 Å². The number of carbonyl (C=O) groups excluding carboxylic acids is 1. The minimum Gasteiger partial charge on any atom is -0.339 e. The summed E-state index contributed by atoms with van der Waals surface area (Å²) in [7, 11) is 0. The minimum absolute atomic E-state index is 0.104. The predicted octanol–water partition coefficient (Wildman–Crippen LogP) is 4.54. The van der Waals surface area contributed by atoms with E-state index in [2.05, 4.69) is 31.2 Å². The molecule has 0 radical (unpaired) electrons. The molecule has 2 aromatic rings. The molecule has 0 atom stereocenters. The molecule has 4 nitrogen and oxygen atoms in total. The highest BCUT2D eigenvalue weighted by Gasteiger charge is 2.09. The van der Waals surface area contributed by atoms with Gasteiger partial charge in [-0.3, -0.25) is 4.79 Å². The van der Waals surface area contributed by atoms with E-state index in [4.69, 9.17) is 11.6 Å². The van der Waals surface area contributed by atoms with E-state index < -0.39 is 0 Å². The Morgan fingerprint density at radius 2 is 2.20 bits per heavy atom. The minimum atomic E-state index is 0.104. The van der Waals surface area contributed by atoms with Gasteiger partial charge in [0.25, 0.3) is 0 Å². The summed E-state index contributed by atoms with van der Waals surface area (Å²) < 4.78 is 0.702. The Bertz CT molecular complexity index is 661. The summed E-state index contributed by atoms with van der Waals surface area (Å²) >= 11 is 9.15. The topological polar surface area (TPSA) is 54.9 Å². The van der Waals surface area contributed by atoms with Crippen molar-refractivity contribution < 1.29 is 4.79 Å². The maximum absolute atomic E-state index is 11.8. The Morgan fingerprint density at radius 1 is 1.45 bits per heavy atom. The summed E-state index contributed by atoms with van der Waals surface area (Å²) in [5, 5.41) is 3.33. The van der Waals surface area contributed by atoms with E-state index in [-0.39, 0.29) is 11.1 Å². The van der Waals surface area contributed by atoms with Crippen LogP contribution in [0.2, 0.25) is 5.28 Å². The molecule has 0 spiro atoms. The first-order valence-corrected chi connectivity index (χ1v) is 7.27. The average Bonchev–Trinajstić information content (AvgIpc) is 2.44. The molecular weight excluding hydrogens is 342 g/mol. The number of Topliss-reactive ketones (excluding diaryl/α,β-unsaturated/α-hetero) is 1. The maximum Gasteiger partial charge on any atom is 0.224 e. The Kier molecular flexibility index (Phi) is 4.73. The summed E-state index contributed by atoms with van der Waals surface area (Å²) in [6.07, 6.45) is 2.06. The van der Waals surface area contributed by atoms with Crippen LogP contribution in [0.25, 0.3) is 0 Å². The molecule has 2 rings (SSSR count). The number of halogens is 2. The summed E-state index contributed by atoms with van der Waals surface area (Å²) in [5.74, 6) is 0.669. The molecule has 1 aromatic carbocycles. The van der Waals surface area contributed by atoms with Gasteiger partial charge in [-0.2, -0.15) is 4.98 Å². The fraction of sp³-hybridized carbons (Fsp3) is 0.214. The fourth-order valence-electron chi connectivity index (χ4n) is 1.70. The zero-order valence-electron chi connectivity index (χ0n) is 11.1. The van der Waals surface area contributed by atoms with E-state index in [1.165, 1.54) is 0 Å². The van der Waals surface area contributed by atoms with Crippen molar-refractivity contribution in [3.63, 3.8) is 0 Å². The molecule has 1 aromatic heterocycles. The van der Waals surface area contributed by atoms with Crippen molar-refractivity contribution in [2.75, 3.05) is 5.32 Å².